The fourth-order valence-corrected chi connectivity index (χ4v) is 3.80. The maximum atomic E-state index is 12.6. The number of Topliss-reactive ketones (excluding diaryl/α,β-unsaturated/α-hetero) is 1. The molecule has 1 amide bonds. The number of anilines is 1. The van der Waals surface area contributed by atoms with Crippen LogP contribution in [0, 0.1) is 0 Å². The maximum Gasteiger partial charge on any atom is 0.257 e. The molecular formula is C22H18Cl2N2O3S. The van der Waals surface area contributed by atoms with Crippen LogP contribution in [0.5, 0.6) is 5.75 Å². The molecule has 0 bridgehead atoms. The molecule has 30 heavy (non-hydrogen) atoms. The predicted octanol–water partition coefficient (Wildman–Crippen LogP) is 6.01. The van der Waals surface area contributed by atoms with Gasteiger partial charge in [-0.3, -0.25) is 9.59 Å². The number of hydrogen-bond donors (Lipinski definition) is 1. The fourth-order valence-electron chi connectivity index (χ4n) is 2.61. The van der Waals surface area contributed by atoms with Crippen LogP contribution in [0.1, 0.15) is 27.6 Å². The molecule has 0 aliphatic heterocycles. The molecule has 1 N–H and O–H groups in total. The number of thioether (sulfide) groups is 1. The van der Waals surface area contributed by atoms with Gasteiger partial charge in [0, 0.05) is 22.5 Å². The van der Waals surface area contributed by atoms with Crippen LogP contribution < -0.4 is 10.1 Å². The Kier molecular flexibility index (Phi) is 7.74. The van der Waals surface area contributed by atoms with Crippen LogP contribution in [0.25, 0.3) is 0 Å². The lowest BCUT2D eigenvalue weighted by molar-refractivity contribution is 0.101. The Hall–Kier alpha value is -2.54. The molecule has 0 saturated carbocycles. The van der Waals surface area contributed by atoms with Crippen LogP contribution >= 0.6 is 35.0 Å². The normalized spacial score (nSPS) is 10.5. The minimum atomic E-state index is -0.431. The van der Waals surface area contributed by atoms with E-state index in [0.717, 1.165) is 5.03 Å². The maximum absolute atomic E-state index is 12.6. The third kappa shape index (κ3) is 5.98. The van der Waals surface area contributed by atoms with Gasteiger partial charge < -0.3 is 10.1 Å². The van der Waals surface area contributed by atoms with E-state index in [1.54, 1.807) is 42.2 Å². The van der Waals surface area contributed by atoms with E-state index in [1.807, 2.05) is 18.2 Å². The number of ether oxygens (including phenoxy) is 1. The molecule has 0 spiro atoms. The van der Waals surface area contributed by atoms with Crippen molar-refractivity contribution in [1.29, 1.82) is 0 Å². The molecule has 1 heterocycles. The van der Waals surface area contributed by atoms with Crippen molar-refractivity contribution in [1.82, 2.24) is 4.98 Å². The van der Waals surface area contributed by atoms with Gasteiger partial charge in [0.1, 0.15) is 5.75 Å². The minimum absolute atomic E-state index is 0.194. The molecule has 0 unspecified atom stereocenters. The molecule has 1 aromatic heterocycles. The molecule has 154 valence electrons. The zero-order chi connectivity index (χ0) is 21.5. The van der Waals surface area contributed by atoms with Gasteiger partial charge in [-0.05, 0) is 55.5 Å². The molecule has 3 aromatic rings. The monoisotopic (exact) mass is 460 g/mol. The number of nitrogens with zero attached hydrogens (tertiary/aromatic N) is 1. The molecule has 0 saturated heterocycles. The standard InChI is InChI=1S/C22H18Cl2N2O3S/c1-14(27)18-13-16(29-10-11-30-21-4-2-3-9-25-21)6-8-20(18)26-22(28)17-7-5-15(23)12-19(17)24/h2-9,12-13H,10-11H2,1H3,(H,26,28). The number of pyridine rings is 1. The van der Waals surface area contributed by atoms with Gasteiger partial charge in [0.2, 0.25) is 0 Å². The average molecular weight is 461 g/mol. The van der Waals surface area contributed by atoms with Crippen LogP contribution in [0.4, 0.5) is 5.69 Å². The number of ketones is 1. The van der Waals surface area contributed by atoms with Crippen molar-refractivity contribution >= 4 is 52.3 Å². The first kappa shape index (κ1) is 22.2. The van der Waals surface area contributed by atoms with Crippen LogP contribution in [0.2, 0.25) is 10.0 Å². The summed E-state index contributed by atoms with van der Waals surface area (Å²) in [5.74, 6) is 0.629. The second-order valence-electron chi connectivity index (χ2n) is 6.21. The second kappa shape index (κ2) is 10.5. The Labute approximate surface area is 188 Å². The number of carbonyl (C=O) groups is 2. The Balaban J connectivity index is 1.66. The smallest absolute Gasteiger partial charge is 0.257 e. The van der Waals surface area contributed by atoms with Crippen LogP contribution in [-0.4, -0.2) is 29.0 Å². The van der Waals surface area contributed by atoms with E-state index >= 15 is 0 Å². The van der Waals surface area contributed by atoms with Crippen molar-refractivity contribution in [3.8, 4) is 5.75 Å². The highest BCUT2D eigenvalue weighted by Crippen LogP contribution is 2.26. The summed E-state index contributed by atoms with van der Waals surface area (Å²) < 4.78 is 5.75. The number of amides is 1. The van der Waals surface area contributed by atoms with Crippen molar-refractivity contribution in [2.45, 2.75) is 11.9 Å². The van der Waals surface area contributed by atoms with Gasteiger partial charge >= 0.3 is 0 Å². The lowest BCUT2D eigenvalue weighted by Crippen LogP contribution is -2.15. The third-order valence-electron chi connectivity index (χ3n) is 4.03. The SMILES string of the molecule is CC(=O)c1cc(OCCSc2ccccn2)ccc1NC(=O)c1ccc(Cl)cc1Cl. The predicted molar refractivity (Wildman–Crippen MR) is 121 cm³/mol. The van der Waals surface area contributed by atoms with E-state index in [1.165, 1.54) is 19.1 Å². The summed E-state index contributed by atoms with van der Waals surface area (Å²) in [6.07, 6.45) is 1.74. The van der Waals surface area contributed by atoms with Gasteiger partial charge in [0.05, 0.1) is 27.9 Å². The van der Waals surface area contributed by atoms with Crippen molar-refractivity contribution in [3.05, 3.63) is 82.0 Å². The lowest BCUT2D eigenvalue weighted by atomic mass is 10.1. The van der Waals surface area contributed by atoms with Crippen molar-refractivity contribution in [2.75, 3.05) is 17.7 Å². The highest BCUT2D eigenvalue weighted by Gasteiger charge is 2.15. The second-order valence-corrected chi connectivity index (χ2v) is 8.17. The molecule has 0 atom stereocenters. The van der Waals surface area contributed by atoms with Crippen LogP contribution in [0.15, 0.2) is 65.8 Å². The summed E-state index contributed by atoms with van der Waals surface area (Å²) in [7, 11) is 0. The summed E-state index contributed by atoms with van der Waals surface area (Å²) in [5.41, 5.74) is 1.000. The molecule has 3 rings (SSSR count). The molecule has 0 aliphatic carbocycles. The Bertz CT molecular complexity index is 1060. The summed E-state index contributed by atoms with van der Waals surface area (Å²) in [5, 5.41) is 4.32. The zero-order valence-electron chi connectivity index (χ0n) is 16.0. The number of nitrogens with one attached hydrogen (secondary N) is 1. The first-order valence-electron chi connectivity index (χ1n) is 9.02. The van der Waals surface area contributed by atoms with Gasteiger partial charge in [0.25, 0.3) is 5.91 Å². The molecule has 0 aliphatic rings. The third-order valence-corrected chi connectivity index (χ3v) is 5.49. The number of carbonyl (C=O) groups excluding carboxylic acids is 2. The molecule has 8 heteroatoms. The average Bonchev–Trinajstić information content (AvgIpc) is 2.72. The van der Waals surface area contributed by atoms with Gasteiger partial charge in [-0.1, -0.05) is 29.3 Å². The van der Waals surface area contributed by atoms with E-state index in [4.69, 9.17) is 27.9 Å². The summed E-state index contributed by atoms with van der Waals surface area (Å²) in [6.45, 7) is 1.88. The summed E-state index contributed by atoms with van der Waals surface area (Å²) >= 11 is 13.5. The van der Waals surface area contributed by atoms with Crippen LogP contribution in [-0.2, 0) is 0 Å². The summed E-state index contributed by atoms with van der Waals surface area (Å²) in [6, 6.07) is 15.3. The first-order chi connectivity index (χ1) is 14.4. The fraction of sp³-hybridized carbons (Fsp3) is 0.136. The first-order valence-corrected chi connectivity index (χ1v) is 10.8. The highest BCUT2D eigenvalue weighted by molar-refractivity contribution is 7.99. The largest absolute Gasteiger partial charge is 0.493 e. The van der Waals surface area contributed by atoms with Gasteiger partial charge in [0.15, 0.2) is 5.78 Å². The Morgan fingerprint density at radius 2 is 1.90 bits per heavy atom. The molecule has 5 nitrogen and oxygen atoms in total. The molecule has 2 aromatic carbocycles. The van der Waals surface area contributed by atoms with Crippen molar-refractivity contribution < 1.29 is 14.3 Å². The summed E-state index contributed by atoms with van der Waals surface area (Å²) in [4.78, 5) is 28.9. The quantitative estimate of drug-likeness (QED) is 0.253. The van der Waals surface area contributed by atoms with Crippen LogP contribution in [0.3, 0.4) is 0 Å². The number of aromatic nitrogens is 1. The highest BCUT2D eigenvalue weighted by atomic mass is 35.5. The van der Waals surface area contributed by atoms with Crippen molar-refractivity contribution in [2.24, 2.45) is 0 Å². The van der Waals surface area contributed by atoms with Crippen molar-refractivity contribution in [3.63, 3.8) is 0 Å². The molecule has 0 radical (unpaired) electrons. The van der Waals surface area contributed by atoms with E-state index in [2.05, 4.69) is 10.3 Å². The van der Waals surface area contributed by atoms with Gasteiger partial charge in [-0.25, -0.2) is 4.98 Å². The number of benzene rings is 2. The Morgan fingerprint density at radius 1 is 1.07 bits per heavy atom. The Morgan fingerprint density at radius 3 is 2.60 bits per heavy atom. The number of halogens is 2. The molecule has 0 fully saturated rings. The van der Waals surface area contributed by atoms with Gasteiger partial charge in [-0.15, -0.1) is 11.8 Å². The molecular weight excluding hydrogens is 443 g/mol. The number of hydrogen-bond acceptors (Lipinski definition) is 5. The zero-order valence-corrected chi connectivity index (χ0v) is 18.4. The van der Waals surface area contributed by atoms with E-state index in [9.17, 15) is 9.59 Å². The van der Waals surface area contributed by atoms with E-state index < -0.39 is 5.91 Å². The van der Waals surface area contributed by atoms with Gasteiger partial charge in [-0.2, -0.15) is 0 Å². The number of rotatable bonds is 8. The van der Waals surface area contributed by atoms with E-state index in [0.29, 0.717) is 34.4 Å². The minimum Gasteiger partial charge on any atom is -0.493 e. The van der Waals surface area contributed by atoms with E-state index in [-0.39, 0.29) is 16.4 Å². The lowest BCUT2D eigenvalue weighted by Gasteiger charge is -2.13. The topological polar surface area (TPSA) is 68.3 Å².